The van der Waals surface area contributed by atoms with Crippen molar-refractivity contribution in [3.8, 4) is 0 Å². The molecule has 168 valence electrons. The van der Waals surface area contributed by atoms with E-state index in [0.29, 0.717) is 12.5 Å². The summed E-state index contributed by atoms with van der Waals surface area (Å²) in [6.07, 6.45) is 2.68. The zero-order chi connectivity index (χ0) is 22.1. The summed E-state index contributed by atoms with van der Waals surface area (Å²) in [7, 11) is 0. The van der Waals surface area contributed by atoms with Crippen molar-refractivity contribution < 1.29 is 14.6 Å². The molecule has 7 heteroatoms. The number of hydrogen-bond acceptors (Lipinski definition) is 4. The quantitative estimate of drug-likeness (QED) is 0.419. The Hall–Kier alpha value is -2.28. The fourth-order valence-corrected chi connectivity index (χ4v) is 3.44. The molecule has 1 aliphatic rings. The number of carbonyl (C=O) groups is 1. The number of amides is 1. The van der Waals surface area contributed by atoms with Crippen molar-refractivity contribution in [3.63, 3.8) is 0 Å². The van der Waals surface area contributed by atoms with Gasteiger partial charge in [-0.05, 0) is 65.9 Å². The summed E-state index contributed by atoms with van der Waals surface area (Å²) in [5.41, 5.74) is 1.55. The molecular formula is C23H38N4O3. The van der Waals surface area contributed by atoms with Crippen molar-refractivity contribution in [2.75, 3.05) is 13.1 Å². The van der Waals surface area contributed by atoms with Gasteiger partial charge in [0, 0.05) is 18.6 Å². The van der Waals surface area contributed by atoms with Crippen LogP contribution in [0.1, 0.15) is 70.6 Å². The first kappa shape index (κ1) is 24.0. The molecule has 30 heavy (non-hydrogen) atoms. The number of aliphatic hydroxyl groups excluding tert-OH is 1. The third kappa shape index (κ3) is 8.61. The summed E-state index contributed by atoms with van der Waals surface area (Å²) in [6, 6.07) is 8.30. The number of guanidine groups is 1. The highest BCUT2D eigenvalue weighted by molar-refractivity contribution is 5.80. The number of aliphatic imine (C=N–C) groups is 1. The maximum Gasteiger partial charge on any atom is 0.407 e. The maximum atomic E-state index is 12.0. The molecule has 1 aliphatic carbocycles. The molecule has 4 N–H and O–H groups in total. The van der Waals surface area contributed by atoms with E-state index in [0.717, 1.165) is 37.8 Å². The van der Waals surface area contributed by atoms with Crippen LogP contribution in [0.2, 0.25) is 0 Å². The molecule has 0 saturated heterocycles. The fourth-order valence-electron chi connectivity index (χ4n) is 3.44. The molecule has 1 saturated carbocycles. The van der Waals surface area contributed by atoms with Gasteiger partial charge in [-0.15, -0.1) is 0 Å². The summed E-state index contributed by atoms with van der Waals surface area (Å²) < 4.78 is 5.34. The minimum atomic E-state index is -0.630. The van der Waals surface area contributed by atoms with Gasteiger partial charge in [0.15, 0.2) is 5.96 Å². The molecule has 0 aliphatic heterocycles. The van der Waals surface area contributed by atoms with Crippen LogP contribution >= 0.6 is 0 Å². The van der Waals surface area contributed by atoms with Gasteiger partial charge in [0.2, 0.25) is 0 Å². The van der Waals surface area contributed by atoms with Crippen molar-refractivity contribution in [2.24, 2.45) is 4.99 Å². The molecule has 0 aromatic heterocycles. The number of aryl methyl sites for hydroxylation is 1. The van der Waals surface area contributed by atoms with E-state index in [9.17, 15) is 9.90 Å². The van der Waals surface area contributed by atoms with Crippen LogP contribution in [-0.4, -0.2) is 47.9 Å². The van der Waals surface area contributed by atoms with Crippen LogP contribution in [-0.2, 0) is 4.74 Å². The van der Waals surface area contributed by atoms with E-state index in [1.54, 1.807) is 0 Å². The zero-order valence-electron chi connectivity index (χ0n) is 19.0. The first-order chi connectivity index (χ1) is 14.2. The number of nitrogens with zero attached hydrogens (tertiary/aromatic N) is 1. The molecule has 1 fully saturated rings. The summed E-state index contributed by atoms with van der Waals surface area (Å²) in [6.45, 7) is 10.7. The smallest absolute Gasteiger partial charge is 0.407 e. The van der Waals surface area contributed by atoms with Crippen molar-refractivity contribution in [1.29, 1.82) is 0 Å². The van der Waals surface area contributed by atoms with Crippen LogP contribution < -0.4 is 16.0 Å². The average Bonchev–Trinajstić information content (AvgIpc) is 2.66. The summed E-state index contributed by atoms with van der Waals surface area (Å²) in [5, 5.41) is 20.1. The van der Waals surface area contributed by atoms with Crippen LogP contribution in [0.15, 0.2) is 29.3 Å². The number of rotatable bonds is 6. The van der Waals surface area contributed by atoms with Gasteiger partial charge in [-0.2, -0.15) is 0 Å². The van der Waals surface area contributed by atoms with Crippen molar-refractivity contribution in [1.82, 2.24) is 16.0 Å². The summed E-state index contributed by atoms with van der Waals surface area (Å²) >= 11 is 0. The molecular weight excluding hydrogens is 380 g/mol. The van der Waals surface area contributed by atoms with Gasteiger partial charge in [-0.25, -0.2) is 4.79 Å². The van der Waals surface area contributed by atoms with Gasteiger partial charge in [0.05, 0.1) is 12.6 Å². The summed E-state index contributed by atoms with van der Waals surface area (Å²) in [5.74, 6) is 0.715. The van der Waals surface area contributed by atoms with E-state index >= 15 is 0 Å². The van der Waals surface area contributed by atoms with Gasteiger partial charge in [-0.1, -0.05) is 29.8 Å². The molecule has 0 bridgehead atoms. The minimum Gasteiger partial charge on any atom is -0.444 e. The topological polar surface area (TPSA) is 95.0 Å². The molecule has 0 heterocycles. The van der Waals surface area contributed by atoms with Crippen LogP contribution in [0.3, 0.4) is 0 Å². The number of carbonyl (C=O) groups excluding carboxylic acids is 1. The molecule has 0 radical (unpaired) electrons. The van der Waals surface area contributed by atoms with Crippen molar-refractivity contribution in [3.05, 3.63) is 35.4 Å². The SMILES string of the molecule is CCNC(=NCC(O)c1ccc(C)cc1)NC1CCC(NC(=O)OC(C)(C)C)CC1. The normalized spacial score (nSPS) is 20.9. The second kappa shape index (κ2) is 11.2. The Morgan fingerprint density at radius 2 is 1.70 bits per heavy atom. The van der Waals surface area contributed by atoms with Crippen LogP contribution in [0, 0.1) is 6.92 Å². The molecule has 1 aromatic carbocycles. The van der Waals surface area contributed by atoms with Crippen LogP contribution in [0.4, 0.5) is 4.79 Å². The second-order valence-corrected chi connectivity index (χ2v) is 8.99. The third-order valence-corrected chi connectivity index (χ3v) is 5.02. The van der Waals surface area contributed by atoms with Gasteiger partial charge >= 0.3 is 6.09 Å². The van der Waals surface area contributed by atoms with Crippen molar-refractivity contribution in [2.45, 2.75) is 84.1 Å². The highest BCUT2D eigenvalue weighted by Gasteiger charge is 2.25. The predicted molar refractivity (Wildman–Crippen MR) is 121 cm³/mol. The number of nitrogens with one attached hydrogen (secondary N) is 3. The number of aliphatic hydroxyl groups is 1. The Kier molecular flexibility index (Phi) is 8.96. The standard InChI is InChI=1S/C23H38N4O3/c1-6-24-21(25-15-20(28)17-9-7-16(2)8-10-17)26-18-11-13-19(14-12-18)27-22(29)30-23(3,4)5/h7-10,18-20,28H,6,11-15H2,1-5H3,(H,27,29)(H2,24,25,26). The Morgan fingerprint density at radius 1 is 1.13 bits per heavy atom. The lowest BCUT2D eigenvalue weighted by Crippen LogP contribution is -2.48. The zero-order valence-corrected chi connectivity index (χ0v) is 19.0. The van der Waals surface area contributed by atoms with Crippen molar-refractivity contribution >= 4 is 12.1 Å². The molecule has 1 atom stereocenters. The molecule has 2 rings (SSSR count). The molecule has 0 spiro atoms. The molecule has 7 nitrogen and oxygen atoms in total. The first-order valence-electron chi connectivity index (χ1n) is 10.9. The monoisotopic (exact) mass is 418 g/mol. The van der Waals surface area contributed by atoms with E-state index < -0.39 is 11.7 Å². The van der Waals surface area contributed by atoms with E-state index in [1.165, 1.54) is 5.56 Å². The first-order valence-corrected chi connectivity index (χ1v) is 10.9. The molecule has 1 aromatic rings. The van der Waals surface area contributed by atoms with Gasteiger partial charge in [0.1, 0.15) is 5.60 Å². The number of hydrogen-bond donors (Lipinski definition) is 4. The predicted octanol–water partition coefficient (Wildman–Crippen LogP) is 3.42. The fraction of sp³-hybridized carbons (Fsp3) is 0.652. The molecule has 1 unspecified atom stereocenters. The highest BCUT2D eigenvalue weighted by Crippen LogP contribution is 2.20. The molecule has 1 amide bonds. The number of ether oxygens (including phenoxy) is 1. The van der Waals surface area contributed by atoms with Gasteiger partial charge in [-0.3, -0.25) is 4.99 Å². The Morgan fingerprint density at radius 3 is 2.23 bits per heavy atom. The van der Waals surface area contributed by atoms with E-state index in [-0.39, 0.29) is 18.2 Å². The van der Waals surface area contributed by atoms with Crippen LogP contribution in [0.25, 0.3) is 0 Å². The second-order valence-electron chi connectivity index (χ2n) is 8.99. The Balaban J connectivity index is 1.82. The lowest BCUT2D eigenvalue weighted by Gasteiger charge is -2.31. The van der Waals surface area contributed by atoms with E-state index in [1.807, 2.05) is 58.9 Å². The number of alkyl carbamates (subject to hydrolysis) is 1. The van der Waals surface area contributed by atoms with Crippen LogP contribution in [0.5, 0.6) is 0 Å². The average molecular weight is 419 g/mol. The van der Waals surface area contributed by atoms with E-state index in [4.69, 9.17) is 4.74 Å². The van der Waals surface area contributed by atoms with E-state index in [2.05, 4.69) is 20.9 Å². The maximum absolute atomic E-state index is 12.0. The largest absolute Gasteiger partial charge is 0.444 e. The van der Waals surface area contributed by atoms with Gasteiger partial charge in [0.25, 0.3) is 0 Å². The lowest BCUT2D eigenvalue weighted by atomic mass is 9.91. The lowest BCUT2D eigenvalue weighted by molar-refractivity contribution is 0.0490. The van der Waals surface area contributed by atoms with Gasteiger partial charge < -0.3 is 25.8 Å². The third-order valence-electron chi connectivity index (χ3n) is 5.02. The number of benzene rings is 1. The highest BCUT2D eigenvalue weighted by atomic mass is 16.6. The summed E-state index contributed by atoms with van der Waals surface area (Å²) in [4.78, 5) is 16.5. The Labute approximate surface area is 180 Å². The minimum absolute atomic E-state index is 0.140. The Bertz CT molecular complexity index is 689.